The highest BCUT2D eigenvalue weighted by Crippen LogP contribution is 2.24. The molecule has 2 aromatic carbocycles. The van der Waals surface area contributed by atoms with Crippen LogP contribution in [-0.4, -0.2) is 0 Å². The maximum Gasteiger partial charge on any atom is -0.0149 e. The molecule has 0 heteroatoms. The number of hydrogen-bond donors (Lipinski definition) is 0. The molecule has 0 atom stereocenters. The van der Waals surface area contributed by atoms with Gasteiger partial charge in [-0.1, -0.05) is 49.2 Å². The second kappa shape index (κ2) is 4.06. The molecule has 0 bridgehead atoms. The van der Waals surface area contributed by atoms with Crippen LogP contribution >= 0.6 is 0 Å². The highest BCUT2D eigenvalue weighted by atomic mass is 14.1. The lowest BCUT2D eigenvalue weighted by atomic mass is 9.95. The molecule has 15 heavy (non-hydrogen) atoms. The summed E-state index contributed by atoms with van der Waals surface area (Å²) in [5.74, 6) is 0. The molecule has 0 fully saturated rings. The second-order valence-corrected chi connectivity index (χ2v) is 4.34. The molecular formula is C15H18. The molecule has 0 N–H and O–H groups in total. The largest absolute Gasteiger partial charge is 0.0651 e. The lowest BCUT2D eigenvalue weighted by molar-refractivity contribution is 0.921. The van der Waals surface area contributed by atoms with Crippen molar-refractivity contribution in [1.82, 2.24) is 0 Å². The molecule has 0 spiro atoms. The number of hydrogen-bond acceptors (Lipinski definition) is 0. The monoisotopic (exact) mass is 198 g/mol. The van der Waals surface area contributed by atoms with Crippen LogP contribution in [0.3, 0.4) is 0 Å². The summed E-state index contributed by atoms with van der Waals surface area (Å²) >= 11 is 0. The summed E-state index contributed by atoms with van der Waals surface area (Å²) in [6.45, 7) is 6.61. The molecule has 0 unspecified atom stereocenters. The third kappa shape index (κ3) is 1.90. The van der Waals surface area contributed by atoms with E-state index in [1.54, 1.807) is 0 Å². The summed E-state index contributed by atoms with van der Waals surface area (Å²) in [5, 5.41) is 2.81. The van der Waals surface area contributed by atoms with Crippen molar-refractivity contribution < 1.29 is 0 Å². The minimum atomic E-state index is 1.19. The molecule has 2 aromatic rings. The van der Waals surface area contributed by atoms with Crippen molar-refractivity contribution in [3.8, 4) is 0 Å². The van der Waals surface area contributed by atoms with E-state index in [0.29, 0.717) is 0 Å². The Morgan fingerprint density at radius 1 is 1.00 bits per heavy atom. The normalized spacial score (nSPS) is 10.9. The molecule has 0 aliphatic carbocycles. The van der Waals surface area contributed by atoms with Gasteiger partial charge in [0, 0.05) is 0 Å². The summed E-state index contributed by atoms with van der Waals surface area (Å²) in [6.07, 6.45) is 2.40. The van der Waals surface area contributed by atoms with Crippen LogP contribution in [0, 0.1) is 13.8 Å². The third-order valence-electron chi connectivity index (χ3n) is 3.02. The van der Waals surface area contributed by atoms with E-state index in [0.717, 1.165) is 0 Å². The van der Waals surface area contributed by atoms with Gasteiger partial charge < -0.3 is 0 Å². The zero-order chi connectivity index (χ0) is 10.8. The van der Waals surface area contributed by atoms with E-state index in [1.165, 1.54) is 40.3 Å². The van der Waals surface area contributed by atoms with E-state index in [9.17, 15) is 0 Å². The van der Waals surface area contributed by atoms with Crippen molar-refractivity contribution in [2.75, 3.05) is 0 Å². The van der Waals surface area contributed by atoms with E-state index in [1.807, 2.05) is 0 Å². The summed E-state index contributed by atoms with van der Waals surface area (Å²) in [5.41, 5.74) is 4.29. The van der Waals surface area contributed by atoms with Crippen molar-refractivity contribution in [3.05, 3.63) is 47.0 Å². The topological polar surface area (TPSA) is 0 Å². The van der Waals surface area contributed by atoms with E-state index in [4.69, 9.17) is 0 Å². The minimum Gasteiger partial charge on any atom is -0.0651 e. The van der Waals surface area contributed by atoms with Gasteiger partial charge in [-0.2, -0.15) is 0 Å². The Labute approximate surface area is 91.9 Å². The van der Waals surface area contributed by atoms with Crippen molar-refractivity contribution in [1.29, 1.82) is 0 Å². The standard InChI is InChI=1S/C15H18/c1-4-5-14-12(3)7-8-13-10-11(2)6-9-15(13)14/h6-10H,4-5H2,1-3H3. The van der Waals surface area contributed by atoms with Gasteiger partial charge in [-0.15, -0.1) is 0 Å². The van der Waals surface area contributed by atoms with Crippen molar-refractivity contribution in [2.45, 2.75) is 33.6 Å². The van der Waals surface area contributed by atoms with E-state index in [2.05, 4.69) is 51.1 Å². The van der Waals surface area contributed by atoms with Gasteiger partial charge in [0.05, 0.1) is 0 Å². The predicted molar refractivity (Wildman–Crippen MR) is 67.4 cm³/mol. The predicted octanol–water partition coefficient (Wildman–Crippen LogP) is 4.41. The highest BCUT2D eigenvalue weighted by molar-refractivity contribution is 5.87. The Kier molecular flexibility index (Phi) is 2.77. The Morgan fingerprint density at radius 3 is 2.53 bits per heavy atom. The first-order chi connectivity index (χ1) is 7.22. The van der Waals surface area contributed by atoms with E-state index in [-0.39, 0.29) is 0 Å². The quantitative estimate of drug-likeness (QED) is 0.670. The second-order valence-electron chi connectivity index (χ2n) is 4.34. The molecule has 0 saturated carbocycles. The maximum absolute atomic E-state index is 2.27. The first-order valence-corrected chi connectivity index (χ1v) is 5.71. The Balaban J connectivity index is 2.70. The van der Waals surface area contributed by atoms with Crippen molar-refractivity contribution >= 4 is 10.8 Å². The van der Waals surface area contributed by atoms with Crippen LogP contribution in [0.4, 0.5) is 0 Å². The van der Waals surface area contributed by atoms with Gasteiger partial charge in [0.15, 0.2) is 0 Å². The Bertz CT molecular complexity index is 481. The number of benzene rings is 2. The lowest BCUT2D eigenvalue weighted by Crippen LogP contribution is -1.91. The molecule has 0 radical (unpaired) electrons. The molecule has 0 aliphatic rings. The fraction of sp³-hybridized carbons (Fsp3) is 0.333. The van der Waals surface area contributed by atoms with Gasteiger partial charge in [-0.3, -0.25) is 0 Å². The molecule has 0 saturated heterocycles. The molecule has 0 heterocycles. The van der Waals surface area contributed by atoms with Crippen LogP contribution in [0.15, 0.2) is 30.3 Å². The summed E-state index contributed by atoms with van der Waals surface area (Å²) in [7, 11) is 0. The lowest BCUT2D eigenvalue weighted by Gasteiger charge is -2.09. The molecule has 2 rings (SSSR count). The molecule has 0 aliphatic heterocycles. The number of fused-ring (bicyclic) bond motifs is 1. The zero-order valence-corrected chi connectivity index (χ0v) is 9.80. The average Bonchev–Trinajstić information content (AvgIpc) is 2.22. The molecular weight excluding hydrogens is 180 g/mol. The van der Waals surface area contributed by atoms with Gasteiger partial charge in [-0.05, 0) is 42.2 Å². The first kappa shape index (κ1) is 10.2. The molecule has 78 valence electrons. The van der Waals surface area contributed by atoms with Gasteiger partial charge in [0.25, 0.3) is 0 Å². The highest BCUT2D eigenvalue weighted by Gasteiger charge is 2.03. The van der Waals surface area contributed by atoms with Gasteiger partial charge in [0.1, 0.15) is 0 Å². The number of aryl methyl sites for hydroxylation is 3. The Morgan fingerprint density at radius 2 is 1.80 bits per heavy atom. The van der Waals surface area contributed by atoms with Crippen molar-refractivity contribution in [3.63, 3.8) is 0 Å². The third-order valence-corrected chi connectivity index (χ3v) is 3.02. The van der Waals surface area contributed by atoms with Crippen LogP contribution in [0.25, 0.3) is 10.8 Å². The van der Waals surface area contributed by atoms with Crippen LogP contribution in [-0.2, 0) is 6.42 Å². The molecule has 0 amide bonds. The van der Waals surface area contributed by atoms with Gasteiger partial charge in [-0.25, -0.2) is 0 Å². The van der Waals surface area contributed by atoms with E-state index >= 15 is 0 Å². The smallest absolute Gasteiger partial charge is 0.0149 e. The van der Waals surface area contributed by atoms with Crippen LogP contribution in [0.5, 0.6) is 0 Å². The fourth-order valence-corrected chi connectivity index (χ4v) is 2.20. The SMILES string of the molecule is CCCc1c(C)ccc2cc(C)ccc12. The zero-order valence-electron chi connectivity index (χ0n) is 9.80. The van der Waals surface area contributed by atoms with Crippen LogP contribution < -0.4 is 0 Å². The maximum atomic E-state index is 2.27. The summed E-state index contributed by atoms with van der Waals surface area (Å²) < 4.78 is 0. The van der Waals surface area contributed by atoms with Gasteiger partial charge >= 0.3 is 0 Å². The van der Waals surface area contributed by atoms with Crippen LogP contribution in [0.2, 0.25) is 0 Å². The van der Waals surface area contributed by atoms with Crippen molar-refractivity contribution in [2.24, 2.45) is 0 Å². The fourth-order valence-electron chi connectivity index (χ4n) is 2.20. The Hall–Kier alpha value is -1.30. The first-order valence-electron chi connectivity index (χ1n) is 5.71. The number of rotatable bonds is 2. The summed E-state index contributed by atoms with van der Waals surface area (Å²) in [4.78, 5) is 0. The van der Waals surface area contributed by atoms with E-state index < -0.39 is 0 Å². The molecule has 0 aromatic heterocycles. The minimum absolute atomic E-state index is 1.19. The molecule has 0 nitrogen and oxygen atoms in total. The summed E-state index contributed by atoms with van der Waals surface area (Å²) in [6, 6.07) is 11.2. The van der Waals surface area contributed by atoms with Crippen LogP contribution in [0.1, 0.15) is 30.0 Å². The van der Waals surface area contributed by atoms with Gasteiger partial charge in [0.2, 0.25) is 0 Å². The average molecular weight is 198 g/mol.